The maximum atomic E-state index is 12.4. The second kappa shape index (κ2) is 6.12. The molecule has 20 heavy (non-hydrogen) atoms. The number of amides is 1. The summed E-state index contributed by atoms with van der Waals surface area (Å²) in [6.45, 7) is -2.23. The number of nitrogens with zero attached hydrogens (tertiary/aromatic N) is 1. The largest absolute Gasteiger partial charge is 0.480 e. The summed E-state index contributed by atoms with van der Waals surface area (Å²) in [6, 6.07) is 3.65. The topological polar surface area (TPSA) is 83.6 Å². The van der Waals surface area contributed by atoms with Gasteiger partial charge in [0.05, 0.1) is 5.56 Å². The number of nitrogens with two attached hydrogens (primary N) is 1. The van der Waals surface area contributed by atoms with Crippen LogP contribution in [-0.2, 0) is 4.79 Å². The number of rotatable bonds is 5. The Morgan fingerprint density at radius 1 is 1.35 bits per heavy atom. The van der Waals surface area contributed by atoms with Gasteiger partial charge in [0, 0.05) is 10.2 Å². The first-order chi connectivity index (χ1) is 9.10. The zero-order chi connectivity index (χ0) is 15.5. The van der Waals surface area contributed by atoms with E-state index >= 15 is 0 Å². The van der Waals surface area contributed by atoms with Crippen molar-refractivity contribution in [3.05, 3.63) is 28.2 Å². The maximum absolute atomic E-state index is 12.4. The van der Waals surface area contributed by atoms with E-state index in [1.54, 1.807) is 0 Å². The smallest absolute Gasteiger partial charge is 0.405 e. The molecule has 5 nitrogen and oxygen atoms in total. The number of hydrogen-bond donors (Lipinski definition) is 2. The second-order valence-corrected chi connectivity index (χ2v) is 4.75. The Kier molecular flexibility index (Phi) is 4.98. The van der Waals surface area contributed by atoms with E-state index in [1.165, 1.54) is 18.2 Å². The quantitative estimate of drug-likeness (QED) is 0.846. The van der Waals surface area contributed by atoms with E-state index in [2.05, 4.69) is 15.9 Å². The summed E-state index contributed by atoms with van der Waals surface area (Å²) in [5.74, 6) is -2.15. The van der Waals surface area contributed by atoms with Crippen LogP contribution in [0.15, 0.2) is 22.7 Å². The van der Waals surface area contributed by atoms with Gasteiger partial charge in [-0.1, -0.05) is 0 Å². The molecule has 0 bridgehead atoms. The van der Waals surface area contributed by atoms with E-state index in [-0.39, 0.29) is 15.7 Å². The van der Waals surface area contributed by atoms with Crippen LogP contribution in [0.1, 0.15) is 10.4 Å². The molecular formula is C11H10BrF3N2O3. The van der Waals surface area contributed by atoms with Crippen LogP contribution >= 0.6 is 15.9 Å². The van der Waals surface area contributed by atoms with Crippen molar-refractivity contribution in [2.24, 2.45) is 5.73 Å². The first-order valence-electron chi connectivity index (χ1n) is 5.23. The molecule has 0 unspecified atom stereocenters. The molecule has 0 aromatic heterocycles. The van der Waals surface area contributed by atoms with Gasteiger partial charge < -0.3 is 15.7 Å². The third kappa shape index (κ3) is 4.72. The zero-order valence-corrected chi connectivity index (χ0v) is 11.5. The molecule has 1 amide bonds. The lowest BCUT2D eigenvalue weighted by Crippen LogP contribution is -2.38. The molecular weight excluding hydrogens is 345 g/mol. The Balaban J connectivity index is 3.10. The highest BCUT2D eigenvalue weighted by Gasteiger charge is 2.32. The highest BCUT2D eigenvalue weighted by molar-refractivity contribution is 9.10. The van der Waals surface area contributed by atoms with E-state index < -0.39 is 31.1 Å². The average molecular weight is 355 g/mol. The molecule has 0 heterocycles. The predicted molar refractivity (Wildman–Crippen MR) is 68.6 cm³/mol. The Morgan fingerprint density at radius 3 is 2.35 bits per heavy atom. The number of halogens is 4. The summed E-state index contributed by atoms with van der Waals surface area (Å²) in [6.07, 6.45) is -4.55. The fourth-order valence-electron chi connectivity index (χ4n) is 1.52. The fraction of sp³-hybridized carbons (Fsp3) is 0.273. The molecule has 1 rings (SSSR count). The Morgan fingerprint density at radius 2 is 1.95 bits per heavy atom. The summed E-state index contributed by atoms with van der Waals surface area (Å²) in [7, 11) is 0. The van der Waals surface area contributed by atoms with Crippen LogP contribution in [-0.4, -0.2) is 36.2 Å². The maximum Gasteiger partial charge on any atom is 0.405 e. The van der Waals surface area contributed by atoms with Crippen LogP contribution in [0.25, 0.3) is 0 Å². The van der Waals surface area contributed by atoms with Crippen molar-refractivity contribution in [1.29, 1.82) is 0 Å². The molecule has 9 heteroatoms. The SMILES string of the molecule is NC(=O)c1ccc(N(CC(=O)O)CC(F)(F)F)cc1Br. The minimum atomic E-state index is -4.55. The third-order valence-electron chi connectivity index (χ3n) is 2.28. The number of hydrogen-bond acceptors (Lipinski definition) is 3. The van der Waals surface area contributed by atoms with Gasteiger partial charge in [0.2, 0.25) is 5.91 Å². The van der Waals surface area contributed by atoms with Crippen molar-refractivity contribution in [2.45, 2.75) is 6.18 Å². The van der Waals surface area contributed by atoms with Gasteiger partial charge in [0.15, 0.2) is 0 Å². The van der Waals surface area contributed by atoms with Gasteiger partial charge in [-0.25, -0.2) is 0 Å². The van der Waals surface area contributed by atoms with Crippen LogP contribution in [0.2, 0.25) is 0 Å². The fourth-order valence-corrected chi connectivity index (χ4v) is 2.08. The monoisotopic (exact) mass is 354 g/mol. The van der Waals surface area contributed by atoms with Crippen LogP contribution < -0.4 is 10.6 Å². The lowest BCUT2D eigenvalue weighted by Gasteiger charge is -2.24. The highest BCUT2D eigenvalue weighted by atomic mass is 79.9. The molecule has 1 aromatic carbocycles. The average Bonchev–Trinajstić information content (AvgIpc) is 2.24. The molecule has 0 aliphatic heterocycles. The predicted octanol–water partition coefficient (Wildman–Crippen LogP) is 2.00. The lowest BCUT2D eigenvalue weighted by atomic mass is 10.2. The standard InChI is InChI=1S/C11H10BrF3N2O3/c12-8-3-6(1-2-7(8)10(16)20)17(4-9(18)19)5-11(13,14)15/h1-3H,4-5H2,(H2,16,20)(H,18,19). The van der Waals surface area contributed by atoms with Crippen molar-refractivity contribution in [1.82, 2.24) is 0 Å². The molecule has 3 N–H and O–H groups in total. The number of alkyl halides is 3. The van der Waals surface area contributed by atoms with Gasteiger partial charge in [-0.15, -0.1) is 0 Å². The number of aliphatic carboxylic acids is 1. The zero-order valence-electron chi connectivity index (χ0n) is 9.95. The van der Waals surface area contributed by atoms with Gasteiger partial charge in [-0.05, 0) is 34.1 Å². The van der Waals surface area contributed by atoms with Crippen LogP contribution in [0.3, 0.4) is 0 Å². The molecule has 0 aliphatic rings. The first kappa shape index (κ1) is 16.3. The van der Waals surface area contributed by atoms with Crippen molar-refractivity contribution in [2.75, 3.05) is 18.0 Å². The van der Waals surface area contributed by atoms with Gasteiger partial charge in [0.1, 0.15) is 13.1 Å². The molecule has 0 atom stereocenters. The first-order valence-corrected chi connectivity index (χ1v) is 6.02. The minimum Gasteiger partial charge on any atom is -0.480 e. The molecule has 0 radical (unpaired) electrons. The summed E-state index contributed by atoms with van der Waals surface area (Å²) in [5, 5.41) is 8.66. The third-order valence-corrected chi connectivity index (χ3v) is 2.94. The summed E-state index contributed by atoms with van der Waals surface area (Å²) in [5.41, 5.74) is 5.18. The van der Waals surface area contributed by atoms with Crippen molar-refractivity contribution in [3.63, 3.8) is 0 Å². The van der Waals surface area contributed by atoms with E-state index in [1.807, 2.05) is 0 Å². The summed E-state index contributed by atoms with van der Waals surface area (Å²) < 4.78 is 37.5. The molecule has 0 aliphatic carbocycles. The van der Waals surface area contributed by atoms with E-state index in [0.29, 0.717) is 4.90 Å². The van der Waals surface area contributed by atoms with E-state index in [9.17, 15) is 22.8 Å². The summed E-state index contributed by atoms with van der Waals surface area (Å²) in [4.78, 5) is 22.3. The Labute approximate surface area is 120 Å². The number of carboxylic acid groups (broad SMARTS) is 1. The number of carboxylic acids is 1. The van der Waals surface area contributed by atoms with Crippen LogP contribution in [0, 0.1) is 0 Å². The number of benzene rings is 1. The Hall–Kier alpha value is -1.77. The van der Waals surface area contributed by atoms with Crippen LogP contribution in [0.5, 0.6) is 0 Å². The molecule has 0 saturated heterocycles. The van der Waals surface area contributed by atoms with E-state index in [4.69, 9.17) is 10.8 Å². The highest BCUT2D eigenvalue weighted by Crippen LogP contribution is 2.26. The summed E-state index contributed by atoms with van der Waals surface area (Å²) >= 11 is 3.01. The molecule has 0 fully saturated rings. The van der Waals surface area contributed by atoms with Gasteiger partial charge in [-0.3, -0.25) is 9.59 Å². The van der Waals surface area contributed by atoms with Crippen molar-refractivity contribution in [3.8, 4) is 0 Å². The van der Waals surface area contributed by atoms with Crippen molar-refractivity contribution >= 4 is 33.5 Å². The molecule has 0 spiro atoms. The van der Waals surface area contributed by atoms with Gasteiger partial charge >= 0.3 is 12.1 Å². The van der Waals surface area contributed by atoms with Crippen LogP contribution in [0.4, 0.5) is 18.9 Å². The minimum absolute atomic E-state index is 0.0154. The van der Waals surface area contributed by atoms with Gasteiger partial charge in [-0.2, -0.15) is 13.2 Å². The number of anilines is 1. The Bertz CT molecular complexity index is 534. The molecule has 110 valence electrons. The molecule has 1 aromatic rings. The van der Waals surface area contributed by atoms with Crippen molar-refractivity contribution < 1.29 is 27.9 Å². The van der Waals surface area contributed by atoms with Gasteiger partial charge in [0.25, 0.3) is 0 Å². The number of primary amides is 1. The lowest BCUT2D eigenvalue weighted by molar-refractivity contribution is -0.136. The second-order valence-electron chi connectivity index (χ2n) is 3.89. The van der Waals surface area contributed by atoms with E-state index in [0.717, 1.165) is 0 Å². The number of carbonyl (C=O) groups is 2. The number of carbonyl (C=O) groups excluding carboxylic acids is 1. The molecule has 0 saturated carbocycles. The normalized spacial score (nSPS) is 11.2.